The van der Waals surface area contributed by atoms with Gasteiger partial charge in [-0.2, -0.15) is 0 Å². The number of amides is 1. The van der Waals surface area contributed by atoms with Crippen LogP contribution in [0, 0.1) is 0 Å². The number of nitrogens with one attached hydrogen (secondary N) is 1. The fourth-order valence-corrected chi connectivity index (χ4v) is 2.15. The molecular weight excluding hydrogens is 308 g/mol. The van der Waals surface area contributed by atoms with E-state index in [1.54, 1.807) is 0 Å². The van der Waals surface area contributed by atoms with Gasteiger partial charge in [0.25, 0.3) is 0 Å². The van der Waals surface area contributed by atoms with Gasteiger partial charge in [-0.3, -0.25) is 4.79 Å². The van der Waals surface area contributed by atoms with Crippen molar-refractivity contribution in [1.82, 2.24) is 15.3 Å². The molecular formula is C13H19BrN4O. The molecule has 1 N–H and O–H groups in total. The summed E-state index contributed by atoms with van der Waals surface area (Å²) < 4.78 is 0.778. The van der Waals surface area contributed by atoms with Gasteiger partial charge in [0.05, 0.1) is 6.54 Å². The molecule has 1 saturated carbocycles. The van der Waals surface area contributed by atoms with E-state index in [1.807, 2.05) is 24.9 Å². The maximum Gasteiger partial charge on any atom is 0.239 e. The van der Waals surface area contributed by atoms with E-state index in [9.17, 15) is 4.79 Å². The van der Waals surface area contributed by atoms with E-state index in [1.165, 1.54) is 0 Å². The number of rotatable bonds is 6. The lowest BCUT2D eigenvalue weighted by molar-refractivity contribution is -0.119. The van der Waals surface area contributed by atoms with E-state index in [4.69, 9.17) is 0 Å². The Labute approximate surface area is 121 Å². The van der Waals surface area contributed by atoms with Crippen LogP contribution < -0.4 is 10.2 Å². The summed E-state index contributed by atoms with van der Waals surface area (Å²) in [5.74, 6) is 2.19. The highest BCUT2D eigenvalue weighted by molar-refractivity contribution is 9.10. The minimum absolute atomic E-state index is 0.0204. The third-order valence-electron chi connectivity index (χ3n) is 2.99. The Balaban J connectivity index is 2.01. The molecule has 0 bridgehead atoms. The summed E-state index contributed by atoms with van der Waals surface area (Å²) in [6.07, 6.45) is 3.27. The van der Waals surface area contributed by atoms with Gasteiger partial charge in [0.2, 0.25) is 5.91 Å². The van der Waals surface area contributed by atoms with Gasteiger partial charge in [0.15, 0.2) is 0 Å². The quantitative estimate of drug-likeness (QED) is 0.813. The van der Waals surface area contributed by atoms with E-state index < -0.39 is 0 Å². The number of carbonyl (C=O) groups excluding carboxylic acids is 1. The van der Waals surface area contributed by atoms with Crippen molar-refractivity contribution in [3.8, 4) is 0 Å². The van der Waals surface area contributed by atoms with Crippen molar-refractivity contribution in [2.45, 2.75) is 32.1 Å². The number of hydrogen-bond acceptors (Lipinski definition) is 4. The van der Waals surface area contributed by atoms with Crippen molar-refractivity contribution < 1.29 is 4.79 Å². The third-order valence-corrected chi connectivity index (χ3v) is 3.39. The zero-order valence-corrected chi connectivity index (χ0v) is 12.9. The minimum atomic E-state index is 0.0204. The molecule has 1 heterocycles. The minimum Gasteiger partial charge on any atom is -0.355 e. The average molecular weight is 327 g/mol. The highest BCUT2D eigenvalue weighted by atomic mass is 79.9. The van der Waals surface area contributed by atoms with Gasteiger partial charge in [-0.15, -0.1) is 0 Å². The first-order valence-electron chi connectivity index (χ1n) is 6.62. The van der Waals surface area contributed by atoms with Crippen LogP contribution in [0.3, 0.4) is 0 Å². The van der Waals surface area contributed by atoms with Gasteiger partial charge in [0, 0.05) is 25.6 Å². The van der Waals surface area contributed by atoms with Crippen LogP contribution in [0.2, 0.25) is 0 Å². The topological polar surface area (TPSA) is 58.1 Å². The molecule has 0 aromatic carbocycles. The van der Waals surface area contributed by atoms with Crippen LogP contribution in [0.15, 0.2) is 10.7 Å². The number of carbonyl (C=O) groups is 1. The fraction of sp³-hybridized carbons (Fsp3) is 0.615. The van der Waals surface area contributed by atoms with Crippen molar-refractivity contribution in [2.24, 2.45) is 0 Å². The van der Waals surface area contributed by atoms with Crippen molar-refractivity contribution in [1.29, 1.82) is 0 Å². The summed E-state index contributed by atoms with van der Waals surface area (Å²) in [5.41, 5.74) is 0. The van der Waals surface area contributed by atoms with Gasteiger partial charge in [-0.1, -0.05) is 6.92 Å². The molecule has 1 amide bonds. The predicted molar refractivity (Wildman–Crippen MR) is 78.3 cm³/mol. The zero-order chi connectivity index (χ0) is 13.8. The molecule has 0 unspecified atom stereocenters. The number of hydrogen-bond donors (Lipinski definition) is 1. The number of aromatic nitrogens is 2. The number of anilines is 1. The molecule has 1 aromatic rings. The summed E-state index contributed by atoms with van der Waals surface area (Å²) in [6.45, 7) is 3.06. The van der Waals surface area contributed by atoms with Crippen LogP contribution in [-0.4, -0.2) is 36.0 Å². The molecule has 19 heavy (non-hydrogen) atoms. The molecule has 1 aromatic heterocycles. The van der Waals surface area contributed by atoms with Crippen LogP contribution in [-0.2, 0) is 4.79 Å². The first kappa shape index (κ1) is 14.2. The molecule has 0 radical (unpaired) electrons. The van der Waals surface area contributed by atoms with E-state index in [2.05, 4.69) is 31.2 Å². The van der Waals surface area contributed by atoms with Crippen LogP contribution in [0.25, 0.3) is 0 Å². The van der Waals surface area contributed by atoms with Crippen LogP contribution in [0.4, 0.5) is 5.82 Å². The lowest BCUT2D eigenvalue weighted by Gasteiger charge is -2.18. The van der Waals surface area contributed by atoms with Crippen LogP contribution in [0.1, 0.15) is 37.9 Å². The number of halogens is 1. The lowest BCUT2D eigenvalue weighted by atomic mass is 10.3. The third kappa shape index (κ3) is 4.16. The van der Waals surface area contributed by atoms with Crippen molar-refractivity contribution in [2.75, 3.05) is 25.0 Å². The average Bonchev–Trinajstić information content (AvgIpc) is 3.19. The molecule has 1 aliphatic rings. The van der Waals surface area contributed by atoms with Gasteiger partial charge in [0.1, 0.15) is 16.2 Å². The maximum atomic E-state index is 11.7. The van der Waals surface area contributed by atoms with Crippen molar-refractivity contribution >= 4 is 27.7 Å². The smallest absolute Gasteiger partial charge is 0.239 e. The summed E-state index contributed by atoms with van der Waals surface area (Å²) in [4.78, 5) is 22.5. The Hall–Kier alpha value is -1.17. The summed E-state index contributed by atoms with van der Waals surface area (Å²) in [5, 5.41) is 2.86. The Bertz CT molecular complexity index is 462. The Morgan fingerprint density at radius 1 is 1.53 bits per heavy atom. The molecule has 6 heteroatoms. The van der Waals surface area contributed by atoms with Crippen molar-refractivity contribution in [3.63, 3.8) is 0 Å². The first-order valence-corrected chi connectivity index (χ1v) is 7.41. The number of likely N-dealkylation sites (N-methyl/N-ethyl adjacent to an activating group) is 1. The molecule has 0 saturated heterocycles. The second-order valence-electron chi connectivity index (χ2n) is 4.89. The molecule has 1 aliphatic carbocycles. The highest BCUT2D eigenvalue weighted by Gasteiger charge is 2.27. The molecule has 5 nitrogen and oxygen atoms in total. The highest BCUT2D eigenvalue weighted by Crippen LogP contribution is 2.39. The molecule has 1 fully saturated rings. The van der Waals surface area contributed by atoms with E-state index >= 15 is 0 Å². The van der Waals surface area contributed by atoms with Crippen molar-refractivity contribution in [3.05, 3.63) is 16.5 Å². The molecule has 0 spiro atoms. The van der Waals surface area contributed by atoms with Gasteiger partial charge >= 0.3 is 0 Å². The summed E-state index contributed by atoms with van der Waals surface area (Å²) in [6, 6.07) is 1.85. The molecule has 0 atom stereocenters. The van der Waals surface area contributed by atoms with E-state index in [-0.39, 0.29) is 5.91 Å². The summed E-state index contributed by atoms with van der Waals surface area (Å²) >= 11 is 3.41. The van der Waals surface area contributed by atoms with Gasteiger partial charge < -0.3 is 10.2 Å². The van der Waals surface area contributed by atoms with Crippen LogP contribution >= 0.6 is 15.9 Å². The number of nitrogens with zero attached hydrogens (tertiary/aromatic N) is 3. The second kappa shape index (κ2) is 6.32. The van der Waals surface area contributed by atoms with Crippen LogP contribution in [0.5, 0.6) is 0 Å². The zero-order valence-electron chi connectivity index (χ0n) is 11.3. The largest absolute Gasteiger partial charge is 0.355 e. The van der Waals surface area contributed by atoms with E-state index in [0.29, 0.717) is 19.0 Å². The standard InChI is InChI=1S/C13H19BrN4O/c1-3-6-15-12(19)8-18(2)11-7-10(14)16-13(17-11)9-4-5-9/h7,9H,3-6,8H2,1-2H3,(H,15,19). The SMILES string of the molecule is CCCNC(=O)CN(C)c1cc(Br)nc(C2CC2)n1. The Kier molecular flexibility index (Phi) is 4.74. The Morgan fingerprint density at radius 3 is 2.89 bits per heavy atom. The second-order valence-corrected chi connectivity index (χ2v) is 5.70. The normalized spacial score (nSPS) is 14.3. The van der Waals surface area contributed by atoms with Gasteiger partial charge in [-0.25, -0.2) is 9.97 Å². The lowest BCUT2D eigenvalue weighted by Crippen LogP contribution is -2.36. The first-order chi connectivity index (χ1) is 9.10. The monoisotopic (exact) mass is 326 g/mol. The summed E-state index contributed by atoms with van der Waals surface area (Å²) in [7, 11) is 1.87. The predicted octanol–water partition coefficient (Wildman–Crippen LogP) is 2.08. The fourth-order valence-electron chi connectivity index (χ4n) is 1.76. The molecule has 2 rings (SSSR count). The molecule has 104 valence electrons. The maximum absolute atomic E-state index is 11.7. The van der Waals surface area contributed by atoms with E-state index in [0.717, 1.165) is 35.5 Å². The Morgan fingerprint density at radius 2 is 2.26 bits per heavy atom. The van der Waals surface area contributed by atoms with Gasteiger partial charge in [-0.05, 0) is 35.2 Å². The molecule has 0 aliphatic heterocycles.